The van der Waals surface area contributed by atoms with Gasteiger partial charge in [-0.3, -0.25) is 4.90 Å². The number of carboxylic acid groups (broad SMARTS) is 1. The van der Waals surface area contributed by atoms with Gasteiger partial charge in [0.25, 0.3) is 0 Å². The Morgan fingerprint density at radius 3 is 2.43 bits per heavy atom. The fourth-order valence-electron chi connectivity index (χ4n) is 3.62. The van der Waals surface area contributed by atoms with Crippen molar-refractivity contribution in [3.05, 3.63) is 0 Å². The first-order chi connectivity index (χ1) is 10.0. The Morgan fingerprint density at radius 2 is 1.90 bits per heavy atom. The molecule has 1 aliphatic carbocycles. The molecule has 1 unspecified atom stereocenters. The van der Waals surface area contributed by atoms with E-state index in [4.69, 9.17) is 0 Å². The van der Waals surface area contributed by atoms with Gasteiger partial charge in [0.15, 0.2) is 0 Å². The Labute approximate surface area is 126 Å². The summed E-state index contributed by atoms with van der Waals surface area (Å²) in [5.74, 6) is -0.896. The number of hydrogen-bond acceptors (Lipinski definition) is 3. The summed E-state index contributed by atoms with van der Waals surface area (Å²) in [6.45, 7) is 7.63. The van der Waals surface area contributed by atoms with Gasteiger partial charge in [-0.25, -0.2) is 9.59 Å². The summed E-state index contributed by atoms with van der Waals surface area (Å²) in [4.78, 5) is 28.0. The summed E-state index contributed by atoms with van der Waals surface area (Å²) in [6.07, 6.45) is 3.79. The maximum Gasteiger partial charge on any atom is 0.329 e. The number of urea groups is 1. The Balaban J connectivity index is 1.94. The molecule has 0 radical (unpaired) electrons. The number of nitrogens with zero attached hydrogens (tertiary/aromatic N) is 2. The van der Waals surface area contributed by atoms with E-state index in [1.165, 1.54) is 0 Å². The number of hydrogen-bond donors (Lipinski definition) is 2. The first-order valence-electron chi connectivity index (χ1n) is 8.07. The number of aliphatic carboxylic acids is 1. The highest BCUT2D eigenvalue weighted by molar-refractivity contribution is 5.86. The summed E-state index contributed by atoms with van der Waals surface area (Å²) in [5, 5.41) is 12.2. The summed E-state index contributed by atoms with van der Waals surface area (Å²) in [5.41, 5.74) is -1.04. The van der Waals surface area contributed by atoms with Gasteiger partial charge >= 0.3 is 12.0 Å². The summed E-state index contributed by atoms with van der Waals surface area (Å²) in [6, 6.07) is 0.184. The number of rotatable bonds is 5. The zero-order chi connectivity index (χ0) is 15.5. The zero-order valence-corrected chi connectivity index (χ0v) is 13.1. The third-order valence-electron chi connectivity index (χ3n) is 4.99. The standard InChI is InChI=1S/C15H27N3O3/c1-3-17(4-2)12-7-10-18(11-12)14(21)16-15(13(19)20)8-5-6-9-15/h12H,3-11H2,1-2H3,(H,16,21)(H,19,20). The molecule has 0 aromatic carbocycles. The van der Waals surface area contributed by atoms with Crippen molar-refractivity contribution in [3.63, 3.8) is 0 Å². The quantitative estimate of drug-likeness (QED) is 0.807. The normalized spacial score (nSPS) is 24.5. The largest absolute Gasteiger partial charge is 0.480 e. The van der Waals surface area contributed by atoms with Gasteiger partial charge in [0, 0.05) is 19.1 Å². The van der Waals surface area contributed by atoms with E-state index in [0.717, 1.165) is 32.4 Å². The maximum absolute atomic E-state index is 12.4. The lowest BCUT2D eigenvalue weighted by Gasteiger charge is -2.29. The number of likely N-dealkylation sites (N-methyl/N-ethyl adjacent to an activating group) is 1. The molecule has 2 aliphatic rings. The highest BCUT2D eigenvalue weighted by Gasteiger charge is 2.44. The van der Waals surface area contributed by atoms with Crippen molar-refractivity contribution < 1.29 is 14.7 Å². The number of carbonyl (C=O) groups is 2. The molecule has 2 N–H and O–H groups in total. The van der Waals surface area contributed by atoms with Crippen LogP contribution in [0.5, 0.6) is 0 Å². The average Bonchev–Trinajstić information content (AvgIpc) is 3.10. The molecule has 2 rings (SSSR count). The van der Waals surface area contributed by atoms with Crippen molar-refractivity contribution >= 4 is 12.0 Å². The van der Waals surface area contributed by atoms with E-state index in [1.54, 1.807) is 4.90 Å². The molecular weight excluding hydrogens is 270 g/mol. The van der Waals surface area contributed by atoms with Crippen molar-refractivity contribution in [2.75, 3.05) is 26.2 Å². The molecule has 0 aromatic heterocycles. The third-order valence-corrected chi connectivity index (χ3v) is 4.99. The van der Waals surface area contributed by atoms with Crippen LogP contribution in [-0.2, 0) is 4.79 Å². The predicted octanol–water partition coefficient (Wildman–Crippen LogP) is 1.51. The number of amides is 2. The first-order valence-corrected chi connectivity index (χ1v) is 8.07. The summed E-state index contributed by atoms with van der Waals surface area (Å²) < 4.78 is 0. The number of carbonyl (C=O) groups excluding carboxylic acids is 1. The van der Waals surface area contributed by atoms with Crippen LogP contribution in [0.2, 0.25) is 0 Å². The van der Waals surface area contributed by atoms with Crippen LogP contribution in [0.4, 0.5) is 4.79 Å². The molecule has 0 aromatic rings. The molecule has 1 atom stereocenters. The van der Waals surface area contributed by atoms with Crippen molar-refractivity contribution in [1.29, 1.82) is 0 Å². The minimum absolute atomic E-state index is 0.214. The Bertz CT molecular complexity index is 390. The fraction of sp³-hybridized carbons (Fsp3) is 0.867. The van der Waals surface area contributed by atoms with Crippen molar-refractivity contribution in [2.24, 2.45) is 0 Å². The highest BCUT2D eigenvalue weighted by atomic mass is 16.4. The van der Waals surface area contributed by atoms with Gasteiger partial charge in [0.2, 0.25) is 0 Å². The summed E-state index contributed by atoms with van der Waals surface area (Å²) in [7, 11) is 0. The monoisotopic (exact) mass is 297 g/mol. The SMILES string of the molecule is CCN(CC)C1CCN(C(=O)NC2(C(=O)O)CCCC2)C1. The molecule has 21 heavy (non-hydrogen) atoms. The molecule has 6 heteroatoms. The second-order valence-corrected chi connectivity index (χ2v) is 6.13. The van der Waals surface area contributed by atoms with Crippen LogP contribution >= 0.6 is 0 Å². The molecule has 2 fully saturated rings. The molecule has 0 spiro atoms. The van der Waals surface area contributed by atoms with Crippen LogP contribution in [0, 0.1) is 0 Å². The zero-order valence-electron chi connectivity index (χ0n) is 13.1. The van der Waals surface area contributed by atoms with Crippen LogP contribution in [0.15, 0.2) is 0 Å². The first kappa shape index (κ1) is 16.1. The van der Waals surface area contributed by atoms with Gasteiger partial charge in [-0.15, -0.1) is 0 Å². The fourth-order valence-corrected chi connectivity index (χ4v) is 3.62. The molecule has 0 bridgehead atoms. The van der Waals surface area contributed by atoms with Crippen molar-refractivity contribution in [2.45, 2.75) is 57.5 Å². The Morgan fingerprint density at radius 1 is 1.29 bits per heavy atom. The second kappa shape index (κ2) is 6.64. The van der Waals surface area contributed by atoms with E-state index < -0.39 is 11.5 Å². The lowest BCUT2D eigenvalue weighted by atomic mass is 9.98. The van der Waals surface area contributed by atoms with Crippen LogP contribution in [0.3, 0.4) is 0 Å². The minimum atomic E-state index is -1.04. The topological polar surface area (TPSA) is 72.9 Å². The molecule has 1 heterocycles. The number of likely N-dealkylation sites (tertiary alicyclic amines) is 1. The van der Waals surface area contributed by atoms with Gasteiger partial charge in [-0.1, -0.05) is 26.7 Å². The Hall–Kier alpha value is -1.30. The number of carboxylic acids is 1. The van der Waals surface area contributed by atoms with E-state index in [9.17, 15) is 14.7 Å². The van der Waals surface area contributed by atoms with Gasteiger partial charge in [0.1, 0.15) is 5.54 Å². The van der Waals surface area contributed by atoms with E-state index in [-0.39, 0.29) is 6.03 Å². The lowest BCUT2D eigenvalue weighted by molar-refractivity contribution is -0.144. The molecule has 1 saturated carbocycles. The second-order valence-electron chi connectivity index (χ2n) is 6.13. The minimum Gasteiger partial charge on any atom is -0.480 e. The third kappa shape index (κ3) is 3.31. The van der Waals surface area contributed by atoms with Crippen LogP contribution in [-0.4, -0.2) is 64.7 Å². The van der Waals surface area contributed by atoms with Crippen LogP contribution < -0.4 is 5.32 Å². The Kier molecular flexibility index (Phi) is 5.08. The molecule has 1 aliphatic heterocycles. The average molecular weight is 297 g/mol. The van der Waals surface area contributed by atoms with Gasteiger partial charge < -0.3 is 15.3 Å². The van der Waals surface area contributed by atoms with E-state index >= 15 is 0 Å². The van der Waals surface area contributed by atoms with Crippen molar-refractivity contribution in [3.8, 4) is 0 Å². The number of nitrogens with one attached hydrogen (secondary N) is 1. The molecule has 6 nitrogen and oxygen atoms in total. The molecular formula is C15H27N3O3. The van der Waals surface area contributed by atoms with E-state index in [0.29, 0.717) is 32.0 Å². The smallest absolute Gasteiger partial charge is 0.329 e. The molecule has 1 saturated heterocycles. The lowest BCUT2D eigenvalue weighted by Crippen LogP contribution is -2.56. The van der Waals surface area contributed by atoms with Gasteiger partial charge in [0.05, 0.1) is 0 Å². The molecule has 2 amide bonds. The maximum atomic E-state index is 12.4. The van der Waals surface area contributed by atoms with Crippen LogP contribution in [0.1, 0.15) is 46.0 Å². The molecule has 120 valence electrons. The van der Waals surface area contributed by atoms with Crippen molar-refractivity contribution in [1.82, 2.24) is 15.1 Å². The van der Waals surface area contributed by atoms with Crippen LogP contribution in [0.25, 0.3) is 0 Å². The van der Waals surface area contributed by atoms with Gasteiger partial charge in [-0.2, -0.15) is 0 Å². The summed E-state index contributed by atoms with van der Waals surface area (Å²) >= 11 is 0. The van der Waals surface area contributed by atoms with Gasteiger partial charge in [-0.05, 0) is 32.4 Å². The van der Waals surface area contributed by atoms with E-state index in [1.807, 2.05) is 0 Å². The van der Waals surface area contributed by atoms with E-state index in [2.05, 4.69) is 24.1 Å². The highest BCUT2D eigenvalue weighted by Crippen LogP contribution is 2.30. The predicted molar refractivity (Wildman–Crippen MR) is 80.3 cm³/mol.